The monoisotopic (exact) mass is 427 g/mol. The van der Waals surface area contributed by atoms with Gasteiger partial charge in [0, 0.05) is 22.5 Å². The third-order valence-electron chi connectivity index (χ3n) is 5.58. The first-order chi connectivity index (χ1) is 13.2. The Kier molecular flexibility index (Phi) is 4.96. The van der Waals surface area contributed by atoms with Gasteiger partial charge in [0.25, 0.3) is 0 Å². The van der Waals surface area contributed by atoms with Crippen LogP contribution in [0.4, 0.5) is 5.69 Å². The molecule has 27 heavy (non-hydrogen) atoms. The molecule has 4 nitrogen and oxygen atoms in total. The highest BCUT2D eigenvalue weighted by Gasteiger charge is 2.39. The molecule has 0 saturated carbocycles. The largest absolute Gasteiger partial charge is 0.493 e. The zero-order valence-electron chi connectivity index (χ0n) is 15.4. The van der Waals surface area contributed by atoms with Gasteiger partial charge in [-0.2, -0.15) is 0 Å². The van der Waals surface area contributed by atoms with Crippen molar-refractivity contribution in [2.75, 3.05) is 19.5 Å². The van der Waals surface area contributed by atoms with E-state index in [1.165, 1.54) is 5.56 Å². The molecule has 0 saturated heterocycles. The van der Waals surface area contributed by atoms with Crippen LogP contribution >= 0.6 is 15.9 Å². The van der Waals surface area contributed by atoms with E-state index in [0.29, 0.717) is 24.0 Å². The molecule has 5 heteroatoms. The van der Waals surface area contributed by atoms with Crippen molar-refractivity contribution in [1.29, 1.82) is 0 Å². The number of hydrogen-bond acceptors (Lipinski definition) is 4. The van der Waals surface area contributed by atoms with E-state index in [9.17, 15) is 4.79 Å². The minimum Gasteiger partial charge on any atom is -0.493 e. The van der Waals surface area contributed by atoms with Crippen molar-refractivity contribution < 1.29 is 14.3 Å². The molecule has 0 amide bonds. The summed E-state index contributed by atoms with van der Waals surface area (Å²) in [6.07, 6.45) is 7.00. The molecule has 4 rings (SSSR count). The van der Waals surface area contributed by atoms with Crippen LogP contribution in [-0.4, -0.2) is 20.5 Å². The molecule has 0 unspecified atom stereocenters. The van der Waals surface area contributed by atoms with E-state index in [1.54, 1.807) is 14.2 Å². The normalized spacial score (nSPS) is 22.6. The Morgan fingerprint density at radius 1 is 1.15 bits per heavy atom. The third kappa shape index (κ3) is 3.14. The van der Waals surface area contributed by atoms with Gasteiger partial charge in [0.1, 0.15) is 6.29 Å². The molecule has 0 radical (unpaired) electrons. The summed E-state index contributed by atoms with van der Waals surface area (Å²) >= 11 is 3.72. The van der Waals surface area contributed by atoms with Crippen molar-refractivity contribution in [3.05, 3.63) is 63.6 Å². The first-order valence-electron chi connectivity index (χ1n) is 9.07. The molecule has 0 bridgehead atoms. The second kappa shape index (κ2) is 7.39. The molecule has 0 aromatic heterocycles. The number of aldehydes is 1. The molecule has 0 spiro atoms. The second-order valence-corrected chi connectivity index (χ2v) is 7.85. The van der Waals surface area contributed by atoms with Gasteiger partial charge in [-0.05, 0) is 47.2 Å². The van der Waals surface area contributed by atoms with Gasteiger partial charge < -0.3 is 19.6 Å². The minimum absolute atomic E-state index is 0.156. The summed E-state index contributed by atoms with van der Waals surface area (Å²) in [5.41, 5.74) is 4.63. The van der Waals surface area contributed by atoms with Gasteiger partial charge in [0.05, 0.1) is 20.3 Å². The molecule has 1 N–H and O–H groups in total. The van der Waals surface area contributed by atoms with Crippen LogP contribution in [0.15, 0.2) is 47.0 Å². The molecule has 2 aromatic rings. The number of halogens is 1. The molecule has 3 atom stereocenters. The number of allylic oxidation sites excluding steroid dienone is 2. The first-order valence-corrected chi connectivity index (χ1v) is 9.86. The summed E-state index contributed by atoms with van der Waals surface area (Å²) in [4.78, 5) is 10.9. The highest BCUT2D eigenvalue weighted by molar-refractivity contribution is 9.10. The summed E-state index contributed by atoms with van der Waals surface area (Å²) in [5, 5.41) is 3.73. The Bertz CT molecular complexity index is 909. The lowest BCUT2D eigenvalue weighted by molar-refractivity contribution is -0.107. The lowest BCUT2D eigenvalue weighted by Gasteiger charge is -2.38. The van der Waals surface area contributed by atoms with Gasteiger partial charge >= 0.3 is 0 Å². The summed E-state index contributed by atoms with van der Waals surface area (Å²) in [6, 6.07) is 10.5. The van der Waals surface area contributed by atoms with E-state index >= 15 is 0 Å². The second-order valence-electron chi connectivity index (χ2n) is 7.00. The molecule has 1 aliphatic heterocycles. The average Bonchev–Trinajstić information content (AvgIpc) is 3.18. The lowest BCUT2D eigenvalue weighted by Crippen LogP contribution is -2.29. The van der Waals surface area contributed by atoms with Gasteiger partial charge in [0.15, 0.2) is 11.5 Å². The lowest BCUT2D eigenvalue weighted by atomic mass is 9.76. The predicted molar refractivity (Wildman–Crippen MR) is 110 cm³/mol. The standard InChI is InChI=1S/C22H22BrNO3/c1-26-20-11-17(18(23)12-21(20)27-2)22-15-5-3-4-14(15)16-10-13(8-9-25)6-7-19(16)24-22/h3-4,6-7,9-12,14-15,22,24H,5,8H2,1-2H3/t14-,15+,22-/m1/s1. The maximum atomic E-state index is 10.9. The number of fused-ring (bicyclic) bond motifs is 3. The van der Waals surface area contributed by atoms with Gasteiger partial charge in [-0.25, -0.2) is 0 Å². The van der Waals surface area contributed by atoms with Crippen LogP contribution in [0.2, 0.25) is 0 Å². The number of ether oxygens (including phenoxy) is 2. The van der Waals surface area contributed by atoms with Crippen LogP contribution in [0.5, 0.6) is 11.5 Å². The Morgan fingerprint density at radius 2 is 1.93 bits per heavy atom. The molecule has 2 aromatic carbocycles. The van der Waals surface area contributed by atoms with E-state index in [2.05, 4.69) is 51.6 Å². The maximum Gasteiger partial charge on any atom is 0.161 e. The van der Waals surface area contributed by atoms with Gasteiger partial charge in [-0.1, -0.05) is 40.2 Å². The van der Waals surface area contributed by atoms with E-state index in [4.69, 9.17) is 9.47 Å². The van der Waals surface area contributed by atoms with Gasteiger partial charge in [-0.15, -0.1) is 0 Å². The Labute approximate surface area is 167 Å². The summed E-state index contributed by atoms with van der Waals surface area (Å²) < 4.78 is 12.0. The van der Waals surface area contributed by atoms with Crippen molar-refractivity contribution in [3.63, 3.8) is 0 Å². The number of methoxy groups -OCH3 is 2. The summed E-state index contributed by atoms with van der Waals surface area (Å²) in [5.74, 6) is 2.20. The Balaban J connectivity index is 1.77. The number of nitrogens with one attached hydrogen (secondary N) is 1. The van der Waals surface area contributed by atoms with E-state index < -0.39 is 0 Å². The number of benzene rings is 2. The zero-order chi connectivity index (χ0) is 19.0. The maximum absolute atomic E-state index is 10.9. The highest BCUT2D eigenvalue weighted by atomic mass is 79.9. The number of carbonyl (C=O) groups excluding carboxylic acids is 1. The van der Waals surface area contributed by atoms with Crippen molar-refractivity contribution in [2.24, 2.45) is 5.92 Å². The quantitative estimate of drug-likeness (QED) is 0.536. The molecular weight excluding hydrogens is 406 g/mol. The van der Waals surface area contributed by atoms with Crippen molar-refractivity contribution in [3.8, 4) is 11.5 Å². The van der Waals surface area contributed by atoms with Crippen LogP contribution in [-0.2, 0) is 11.2 Å². The fraction of sp³-hybridized carbons (Fsp3) is 0.318. The van der Waals surface area contributed by atoms with Crippen molar-refractivity contribution in [2.45, 2.75) is 24.8 Å². The topological polar surface area (TPSA) is 47.6 Å². The molecule has 0 fully saturated rings. The van der Waals surface area contributed by atoms with Gasteiger partial charge in [-0.3, -0.25) is 0 Å². The van der Waals surface area contributed by atoms with E-state index in [-0.39, 0.29) is 6.04 Å². The fourth-order valence-electron chi connectivity index (χ4n) is 4.28. The minimum atomic E-state index is 0.156. The summed E-state index contributed by atoms with van der Waals surface area (Å²) in [6.45, 7) is 0. The van der Waals surface area contributed by atoms with Crippen LogP contribution in [0.3, 0.4) is 0 Å². The van der Waals surface area contributed by atoms with E-state index in [1.807, 2.05) is 12.1 Å². The average molecular weight is 428 g/mol. The number of anilines is 1. The van der Waals surface area contributed by atoms with Crippen LogP contribution in [0.25, 0.3) is 0 Å². The molecule has 140 valence electrons. The molecule has 1 aliphatic carbocycles. The van der Waals surface area contributed by atoms with Crippen LogP contribution in [0, 0.1) is 5.92 Å². The SMILES string of the molecule is COc1cc(Br)c([C@@H]2Nc3ccc(CC=O)cc3[C@@H]3C=CC[C@@H]32)cc1OC. The van der Waals surface area contributed by atoms with Gasteiger partial charge in [0.2, 0.25) is 0 Å². The van der Waals surface area contributed by atoms with Crippen molar-refractivity contribution in [1.82, 2.24) is 0 Å². The van der Waals surface area contributed by atoms with Crippen LogP contribution < -0.4 is 14.8 Å². The third-order valence-corrected chi connectivity index (χ3v) is 6.27. The summed E-state index contributed by atoms with van der Waals surface area (Å²) in [7, 11) is 3.31. The number of carbonyl (C=O) groups is 1. The molecule has 2 aliphatic rings. The molecule has 1 heterocycles. The first kappa shape index (κ1) is 18.1. The smallest absolute Gasteiger partial charge is 0.161 e. The van der Waals surface area contributed by atoms with Crippen molar-refractivity contribution >= 4 is 27.9 Å². The highest BCUT2D eigenvalue weighted by Crippen LogP contribution is 2.52. The van der Waals surface area contributed by atoms with E-state index in [0.717, 1.165) is 39.7 Å². The fourth-order valence-corrected chi connectivity index (χ4v) is 4.85. The number of hydrogen-bond donors (Lipinski definition) is 1. The van der Waals surface area contributed by atoms with Crippen LogP contribution in [0.1, 0.15) is 35.1 Å². The predicted octanol–water partition coefficient (Wildman–Crippen LogP) is 5.03. The zero-order valence-corrected chi connectivity index (χ0v) is 17.0. The number of rotatable bonds is 5. The Hall–Kier alpha value is -2.27. The Morgan fingerprint density at radius 3 is 2.67 bits per heavy atom. The molecular formula is C22H22BrNO3.